The van der Waals surface area contributed by atoms with Crippen LogP contribution in [0.4, 0.5) is 13.2 Å². The molecule has 0 unspecified atom stereocenters. The van der Waals surface area contributed by atoms with Gasteiger partial charge in [0, 0.05) is 12.1 Å². The highest BCUT2D eigenvalue weighted by Gasteiger charge is 2.38. The summed E-state index contributed by atoms with van der Waals surface area (Å²) >= 11 is 0. The van der Waals surface area contributed by atoms with E-state index >= 15 is 0 Å². The molecule has 1 N–H and O–H groups in total. The van der Waals surface area contributed by atoms with Crippen molar-refractivity contribution in [2.75, 3.05) is 20.6 Å². The van der Waals surface area contributed by atoms with Gasteiger partial charge < -0.3 is 9.64 Å². The molecular formula is C17H25F3N2O3S. The van der Waals surface area contributed by atoms with Crippen LogP contribution in [0.3, 0.4) is 0 Å². The van der Waals surface area contributed by atoms with Gasteiger partial charge in [-0.15, -0.1) is 13.2 Å². The van der Waals surface area contributed by atoms with Crippen LogP contribution in [0.15, 0.2) is 29.2 Å². The highest BCUT2D eigenvalue weighted by atomic mass is 32.2. The van der Waals surface area contributed by atoms with E-state index in [1.54, 1.807) is 0 Å². The van der Waals surface area contributed by atoms with Crippen LogP contribution in [0.25, 0.3) is 0 Å². The summed E-state index contributed by atoms with van der Waals surface area (Å²) in [5, 5.41) is 0. The molecule has 0 amide bonds. The molecule has 1 fully saturated rings. The van der Waals surface area contributed by atoms with E-state index in [1.807, 2.05) is 14.1 Å². The standard InChI is InChI=1S/C17H25F3N2O3S/c1-13-5-4-10-16(11-13,22(2)3)12-21-26(23,24)15-8-6-14(7-9-15)25-17(18,19)20/h6-9,13,21H,4-5,10-12H2,1-3H3/t13-,16-/m1/s1. The van der Waals surface area contributed by atoms with Gasteiger partial charge in [-0.1, -0.05) is 19.8 Å². The van der Waals surface area contributed by atoms with Gasteiger partial charge in [0.1, 0.15) is 5.75 Å². The first-order chi connectivity index (χ1) is 11.9. The fraction of sp³-hybridized carbons (Fsp3) is 0.647. The zero-order valence-corrected chi connectivity index (χ0v) is 16.0. The molecule has 0 radical (unpaired) electrons. The number of likely N-dealkylation sites (N-methyl/N-ethyl adjacent to an activating group) is 1. The number of rotatable bonds is 6. The van der Waals surface area contributed by atoms with E-state index in [-0.39, 0.29) is 17.0 Å². The van der Waals surface area contributed by atoms with E-state index < -0.39 is 22.1 Å². The fourth-order valence-corrected chi connectivity index (χ4v) is 4.61. The van der Waals surface area contributed by atoms with E-state index in [9.17, 15) is 21.6 Å². The van der Waals surface area contributed by atoms with Crippen molar-refractivity contribution in [3.8, 4) is 5.75 Å². The van der Waals surface area contributed by atoms with Crippen LogP contribution in [0.2, 0.25) is 0 Å². The largest absolute Gasteiger partial charge is 0.573 e. The quantitative estimate of drug-likeness (QED) is 0.804. The normalized spacial score (nSPS) is 24.7. The highest BCUT2D eigenvalue weighted by Crippen LogP contribution is 2.35. The second kappa shape index (κ2) is 7.74. The molecule has 0 bridgehead atoms. The number of nitrogens with zero attached hydrogens (tertiary/aromatic N) is 1. The monoisotopic (exact) mass is 394 g/mol. The molecule has 1 aliphatic rings. The highest BCUT2D eigenvalue weighted by molar-refractivity contribution is 7.89. The fourth-order valence-electron chi connectivity index (χ4n) is 3.49. The summed E-state index contributed by atoms with van der Waals surface area (Å²) in [6, 6.07) is 4.20. The van der Waals surface area contributed by atoms with Crippen molar-refractivity contribution < 1.29 is 26.3 Å². The van der Waals surface area contributed by atoms with Gasteiger partial charge in [0.25, 0.3) is 0 Å². The number of halogens is 3. The molecule has 26 heavy (non-hydrogen) atoms. The summed E-state index contributed by atoms with van der Waals surface area (Å²) in [4.78, 5) is 1.97. The molecule has 0 spiro atoms. The molecule has 0 heterocycles. The maximum absolute atomic E-state index is 12.5. The van der Waals surface area contributed by atoms with Crippen molar-refractivity contribution in [1.29, 1.82) is 0 Å². The molecule has 0 aromatic heterocycles. The average molecular weight is 394 g/mol. The first-order valence-corrected chi connectivity index (χ1v) is 9.95. The summed E-state index contributed by atoms with van der Waals surface area (Å²) < 4.78 is 68.0. The number of ether oxygens (including phenoxy) is 1. The van der Waals surface area contributed by atoms with Gasteiger partial charge >= 0.3 is 6.36 Å². The Labute approximate surface area is 152 Å². The second-order valence-corrected chi connectivity index (χ2v) is 8.93. The predicted molar refractivity (Wildman–Crippen MR) is 92.4 cm³/mol. The van der Waals surface area contributed by atoms with Gasteiger partial charge in [-0.25, -0.2) is 13.1 Å². The molecule has 2 atom stereocenters. The Morgan fingerprint density at radius 2 is 1.88 bits per heavy atom. The second-order valence-electron chi connectivity index (χ2n) is 7.16. The molecule has 5 nitrogen and oxygen atoms in total. The van der Waals surface area contributed by atoms with Gasteiger partial charge in [0.2, 0.25) is 10.0 Å². The van der Waals surface area contributed by atoms with Crippen molar-refractivity contribution in [2.24, 2.45) is 5.92 Å². The van der Waals surface area contributed by atoms with E-state index in [1.165, 1.54) is 0 Å². The number of alkyl halides is 3. The van der Waals surface area contributed by atoms with Crippen molar-refractivity contribution in [1.82, 2.24) is 9.62 Å². The molecule has 1 aromatic carbocycles. The Morgan fingerprint density at radius 1 is 1.27 bits per heavy atom. The van der Waals surface area contributed by atoms with Crippen molar-refractivity contribution in [2.45, 2.75) is 49.4 Å². The molecule has 1 saturated carbocycles. The predicted octanol–water partition coefficient (Wildman–Crippen LogP) is 3.37. The minimum Gasteiger partial charge on any atom is -0.406 e. The third-order valence-corrected chi connectivity index (χ3v) is 6.39. The van der Waals surface area contributed by atoms with Crippen LogP contribution >= 0.6 is 0 Å². The molecule has 1 aromatic rings. The van der Waals surface area contributed by atoms with Gasteiger partial charge in [-0.2, -0.15) is 0 Å². The number of benzene rings is 1. The van der Waals surface area contributed by atoms with Crippen LogP contribution in [-0.2, 0) is 10.0 Å². The van der Waals surface area contributed by atoms with E-state index in [0.717, 1.165) is 49.9 Å². The lowest BCUT2D eigenvalue weighted by Gasteiger charge is -2.45. The summed E-state index contributed by atoms with van der Waals surface area (Å²) in [6.07, 6.45) is -0.867. The third-order valence-electron chi connectivity index (χ3n) is 4.98. The summed E-state index contributed by atoms with van der Waals surface area (Å²) in [5.74, 6) is 0.0526. The topological polar surface area (TPSA) is 58.6 Å². The molecular weight excluding hydrogens is 369 g/mol. The van der Waals surface area contributed by atoms with E-state index in [2.05, 4.69) is 21.3 Å². The van der Waals surface area contributed by atoms with Crippen LogP contribution in [0.1, 0.15) is 32.6 Å². The first kappa shape index (κ1) is 21.0. The Hall–Kier alpha value is -1.32. The average Bonchev–Trinajstić information content (AvgIpc) is 2.52. The lowest BCUT2D eigenvalue weighted by atomic mass is 9.75. The Bertz CT molecular complexity index is 705. The van der Waals surface area contributed by atoms with Crippen LogP contribution in [-0.4, -0.2) is 45.9 Å². The van der Waals surface area contributed by atoms with Crippen molar-refractivity contribution >= 4 is 10.0 Å². The minimum atomic E-state index is -4.81. The van der Waals surface area contributed by atoms with Gasteiger partial charge in [-0.3, -0.25) is 0 Å². The van der Waals surface area contributed by atoms with Gasteiger partial charge in [-0.05, 0) is 57.1 Å². The molecule has 0 saturated heterocycles. The lowest BCUT2D eigenvalue weighted by molar-refractivity contribution is -0.274. The summed E-state index contributed by atoms with van der Waals surface area (Å²) in [6.45, 7) is 2.42. The maximum atomic E-state index is 12.5. The smallest absolute Gasteiger partial charge is 0.406 e. The third kappa shape index (κ3) is 5.34. The molecule has 2 rings (SSSR count). The van der Waals surface area contributed by atoms with Crippen LogP contribution in [0.5, 0.6) is 5.75 Å². The number of sulfonamides is 1. The summed E-state index contributed by atoms with van der Waals surface area (Å²) in [7, 11) is 0.0575. The first-order valence-electron chi connectivity index (χ1n) is 8.46. The van der Waals surface area contributed by atoms with Crippen molar-refractivity contribution in [3.05, 3.63) is 24.3 Å². The molecule has 148 valence electrons. The summed E-state index contributed by atoms with van der Waals surface area (Å²) in [5.41, 5.74) is -0.260. The minimum absolute atomic E-state index is 0.0928. The van der Waals surface area contributed by atoms with E-state index in [0.29, 0.717) is 5.92 Å². The number of hydrogen-bond donors (Lipinski definition) is 1. The Balaban J connectivity index is 2.10. The zero-order valence-electron chi connectivity index (χ0n) is 15.1. The Kier molecular flexibility index (Phi) is 6.24. The van der Waals surface area contributed by atoms with Crippen LogP contribution < -0.4 is 9.46 Å². The maximum Gasteiger partial charge on any atom is 0.573 e. The van der Waals surface area contributed by atoms with Gasteiger partial charge in [0.15, 0.2) is 0 Å². The molecule has 1 aliphatic carbocycles. The lowest BCUT2D eigenvalue weighted by Crippen LogP contribution is -2.55. The molecule has 0 aliphatic heterocycles. The van der Waals surface area contributed by atoms with Gasteiger partial charge in [0.05, 0.1) is 4.90 Å². The Morgan fingerprint density at radius 3 is 2.38 bits per heavy atom. The zero-order chi connectivity index (χ0) is 19.6. The number of nitrogens with one attached hydrogen (secondary N) is 1. The molecule has 9 heteroatoms. The SMILES string of the molecule is C[C@@H]1CCC[C@@](CNS(=O)(=O)c2ccc(OC(F)(F)F)cc2)(N(C)C)C1. The number of hydrogen-bond acceptors (Lipinski definition) is 4. The van der Waals surface area contributed by atoms with Crippen LogP contribution in [0, 0.1) is 5.92 Å². The van der Waals surface area contributed by atoms with E-state index in [4.69, 9.17) is 0 Å². The van der Waals surface area contributed by atoms with Crippen molar-refractivity contribution in [3.63, 3.8) is 0 Å².